The number of ether oxygens (including phenoxy) is 2. The van der Waals surface area contributed by atoms with Gasteiger partial charge in [-0.05, 0) is 30.5 Å². The molecule has 0 aliphatic carbocycles. The highest BCUT2D eigenvalue weighted by atomic mass is 127. The van der Waals surface area contributed by atoms with Gasteiger partial charge in [-0.25, -0.2) is 0 Å². The van der Waals surface area contributed by atoms with Gasteiger partial charge in [0.1, 0.15) is 0 Å². The predicted octanol–water partition coefficient (Wildman–Crippen LogP) is 4.11. The van der Waals surface area contributed by atoms with Gasteiger partial charge in [-0.2, -0.15) is 0 Å². The molecule has 0 unspecified atom stereocenters. The highest BCUT2D eigenvalue weighted by Gasteiger charge is 2.16. The summed E-state index contributed by atoms with van der Waals surface area (Å²) >= 11 is 0. The fourth-order valence-electron chi connectivity index (χ4n) is 2.49. The Kier molecular flexibility index (Phi) is 11.1. The summed E-state index contributed by atoms with van der Waals surface area (Å²) < 4.78 is 11.3. The number of nitrogens with one attached hydrogen (secondary N) is 2. The van der Waals surface area contributed by atoms with Crippen LogP contribution in [0.5, 0.6) is 0 Å². The molecular formula is C22H32IN3O2. The second-order valence-electron chi connectivity index (χ2n) is 6.99. The van der Waals surface area contributed by atoms with Crippen LogP contribution in [0.2, 0.25) is 0 Å². The Bertz CT molecular complexity index is 721. The molecule has 0 amide bonds. The summed E-state index contributed by atoms with van der Waals surface area (Å²) in [5.74, 6) is 0.750. The predicted molar refractivity (Wildman–Crippen MR) is 126 cm³/mol. The molecule has 0 radical (unpaired) electrons. The van der Waals surface area contributed by atoms with E-state index < -0.39 is 0 Å². The van der Waals surface area contributed by atoms with E-state index in [-0.39, 0.29) is 29.6 Å². The van der Waals surface area contributed by atoms with Gasteiger partial charge in [0, 0.05) is 27.2 Å². The normalized spacial score (nSPS) is 11.6. The zero-order valence-corrected chi connectivity index (χ0v) is 19.5. The lowest BCUT2D eigenvalue weighted by molar-refractivity contribution is 0.0268. The first-order chi connectivity index (χ1) is 13.0. The van der Waals surface area contributed by atoms with E-state index in [9.17, 15) is 0 Å². The van der Waals surface area contributed by atoms with Crippen molar-refractivity contribution in [1.82, 2.24) is 10.6 Å². The van der Waals surface area contributed by atoms with Crippen molar-refractivity contribution in [3.05, 3.63) is 71.3 Å². The van der Waals surface area contributed by atoms with Gasteiger partial charge < -0.3 is 20.1 Å². The minimum Gasteiger partial charge on any atom is -0.377 e. The van der Waals surface area contributed by atoms with Crippen molar-refractivity contribution in [3.63, 3.8) is 0 Å². The molecule has 2 aromatic carbocycles. The maximum atomic E-state index is 5.90. The Morgan fingerprint density at radius 2 is 1.57 bits per heavy atom. The fourth-order valence-corrected chi connectivity index (χ4v) is 2.49. The van der Waals surface area contributed by atoms with Crippen LogP contribution in [0.25, 0.3) is 0 Å². The van der Waals surface area contributed by atoms with Crippen molar-refractivity contribution < 1.29 is 9.47 Å². The van der Waals surface area contributed by atoms with Crippen LogP contribution < -0.4 is 10.6 Å². The summed E-state index contributed by atoms with van der Waals surface area (Å²) in [6.45, 7) is 6.61. The first-order valence-corrected chi connectivity index (χ1v) is 9.22. The largest absolute Gasteiger partial charge is 0.377 e. The highest BCUT2D eigenvalue weighted by molar-refractivity contribution is 14.0. The van der Waals surface area contributed by atoms with Crippen LogP contribution in [-0.2, 0) is 29.2 Å². The lowest BCUT2D eigenvalue weighted by Gasteiger charge is -2.24. The van der Waals surface area contributed by atoms with Crippen LogP contribution >= 0.6 is 24.0 Å². The molecule has 0 heterocycles. The molecule has 154 valence electrons. The van der Waals surface area contributed by atoms with Gasteiger partial charge in [0.15, 0.2) is 5.96 Å². The van der Waals surface area contributed by atoms with E-state index in [1.54, 1.807) is 14.2 Å². The molecule has 28 heavy (non-hydrogen) atoms. The Morgan fingerprint density at radius 1 is 0.929 bits per heavy atom. The van der Waals surface area contributed by atoms with Gasteiger partial charge in [0.25, 0.3) is 0 Å². The van der Waals surface area contributed by atoms with Crippen molar-refractivity contribution in [3.8, 4) is 0 Å². The lowest BCUT2D eigenvalue weighted by Crippen LogP contribution is -2.45. The average Bonchev–Trinajstić information content (AvgIpc) is 2.70. The van der Waals surface area contributed by atoms with Gasteiger partial charge >= 0.3 is 0 Å². The number of nitrogens with zero attached hydrogens (tertiary/aromatic N) is 1. The standard InChI is InChI=1S/C22H31N3O2.HI/c1-22(2,26-4)17-25-21(23-3)24-14-19-12-8-9-13-20(19)16-27-15-18-10-6-5-7-11-18;/h5-13H,14-17H2,1-4H3,(H2,23,24,25);1H. The van der Waals surface area contributed by atoms with E-state index in [2.05, 4.69) is 39.9 Å². The molecule has 0 bridgehead atoms. The number of guanidine groups is 1. The van der Waals surface area contributed by atoms with Crippen molar-refractivity contribution in [1.29, 1.82) is 0 Å². The van der Waals surface area contributed by atoms with E-state index in [1.165, 1.54) is 16.7 Å². The molecule has 0 aromatic heterocycles. The summed E-state index contributed by atoms with van der Waals surface area (Å²) in [5.41, 5.74) is 3.30. The van der Waals surface area contributed by atoms with E-state index >= 15 is 0 Å². The van der Waals surface area contributed by atoms with E-state index in [0.717, 1.165) is 5.96 Å². The number of aliphatic imine (C=N–C) groups is 1. The summed E-state index contributed by atoms with van der Waals surface area (Å²) in [4.78, 5) is 4.28. The second-order valence-corrected chi connectivity index (χ2v) is 6.99. The van der Waals surface area contributed by atoms with E-state index in [4.69, 9.17) is 9.47 Å². The van der Waals surface area contributed by atoms with Crippen LogP contribution in [0.3, 0.4) is 0 Å². The third kappa shape index (κ3) is 8.58. The average molecular weight is 497 g/mol. The summed E-state index contributed by atoms with van der Waals surface area (Å²) in [6, 6.07) is 18.5. The highest BCUT2D eigenvalue weighted by Crippen LogP contribution is 2.12. The summed E-state index contributed by atoms with van der Waals surface area (Å²) in [5, 5.41) is 6.66. The molecule has 2 rings (SSSR count). The zero-order valence-electron chi connectivity index (χ0n) is 17.2. The Labute approximate surface area is 186 Å². The van der Waals surface area contributed by atoms with Gasteiger partial charge in [-0.15, -0.1) is 24.0 Å². The number of hydrogen-bond donors (Lipinski definition) is 2. The first kappa shape index (κ1) is 24.4. The van der Waals surface area contributed by atoms with Crippen LogP contribution in [0.15, 0.2) is 59.6 Å². The van der Waals surface area contributed by atoms with Gasteiger partial charge in [0.05, 0.1) is 18.8 Å². The van der Waals surface area contributed by atoms with Crippen LogP contribution in [0.4, 0.5) is 0 Å². The lowest BCUT2D eigenvalue weighted by atomic mass is 10.1. The molecule has 0 saturated heterocycles. The van der Waals surface area contributed by atoms with Crippen molar-refractivity contribution >= 4 is 29.9 Å². The fraction of sp³-hybridized carbons (Fsp3) is 0.409. The minimum atomic E-state index is -0.249. The number of hydrogen-bond acceptors (Lipinski definition) is 3. The van der Waals surface area contributed by atoms with Crippen LogP contribution in [0.1, 0.15) is 30.5 Å². The van der Waals surface area contributed by atoms with E-state index in [1.807, 2.05) is 44.2 Å². The summed E-state index contributed by atoms with van der Waals surface area (Å²) in [7, 11) is 3.48. The molecule has 0 fully saturated rings. The molecule has 6 heteroatoms. The minimum absolute atomic E-state index is 0. The molecule has 5 nitrogen and oxygen atoms in total. The maximum Gasteiger partial charge on any atom is 0.191 e. The molecule has 0 aliphatic rings. The Hall–Kier alpha value is -1.64. The molecule has 0 aliphatic heterocycles. The smallest absolute Gasteiger partial charge is 0.191 e. The van der Waals surface area contributed by atoms with Gasteiger partial charge in [0.2, 0.25) is 0 Å². The molecule has 0 spiro atoms. The molecule has 2 aromatic rings. The number of halogens is 1. The topological polar surface area (TPSA) is 54.9 Å². The van der Waals surface area contributed by atoms with Crippen LogP contribution in [-0.4, -0.2) is 32.3 Å². The van der Waals surface area contributed by atoms with Crippen LogP contribution in [0, 0.1) is 0 Å². The van der Waals surface area contributed by atoms with Gasteiger partial charge in [-0.3, -0.25) is 4.99 Å². The summed E-state index contributed by atoms with van der Waals surface area (Å²) in [6.07, 6.45) is 0. The maximum absolute atomic E-state index is 5.90. The molecular weight excluding hydrogens is 465 g/mol. The quantitative estimate of drug-likeness (QED) is 0.311. The van der Waals surface area contributed by atoms with Crippen molar-refractivity contribution in [2.45, 2.75) is 39.2 Å². The monoisotopic (exact) mass is 497 g/mol. The Balaban J connectivity index is 0.00000392. The first-order valence-electron chi connectivity index (χ1n) is 9.22. The second kappa shape index (κ2) is 12.7. The van der Waals surface area contributed by atoms with E-state index in [0.29, 0.717) is 26.3 Å². The van der Waals surface area contributed by atoms with Gasteiger partial charge in [-0.1, -0.05) is 54.6 Å². The van der Waals surface area contributed by atoms with Crippen molar-refractivity contribution in [2.75, 3.05) is 20.7 Å². The third-order valence-corrected chi connectivity index (χ3v) is 4.39. The SMILES string of the molecule is CN=C(NCc1ccccc1COCc1ccccc1)NCC(C)(C)OC.I. The molecule has 0 saturated carbocycles. The zero-order chi connectivity index (χ0) is 19.5. The Morgan fingerprint density at radius 3 is 2.21 bits per heavy atom. The van der Waals surface area contributed by atoms with Crippen molar-refractivity contribution in [2.24, 2.45) is 4.99 Å². The number of rotatable bonds is 9. The number of benzene rings is 2. The third-order valence-electron chi connectivity index (χ3n) is 4.39. The number of methoxy groups -OCH3 is 1. The molecule has 0 atom stereocenters. The molecule has 2 N–H and O–H groups in total.